The van der Waals surface area contributed by atoms with Gasteiger partial charge < -0.3 is 4.74 Å². The number of nitrogens with zero attached hydrogens (tertiary/aromatic N) is 2. The van der Waals surface area contributed by atoms with E-state index >= 15 is 0 Å². The molecule has 14 heavy (non-hydrogen) atoms. The summed E-state index contributed by atoms with van der Waals surface area (Å²) in [7, 11) is 0. The Kier molecular flexibility index (Phi) is 2.41. The molecule has 2 rings (SSSR count). The highest BCUT2D eigenvalue weighted by Crippen LogP contribution is 2.16. The Hall–Kier alpha value is -1.49. The lowest BCUT2D eigenvalue weighted by atomic mass is 10.2. The van der Waals surface area contributed by atoms with E-state index in [0.29, 0.717) is 17.7 Å². The summed E-state index contributed by atoms with van der Waals surface area (Å²) in [6, 6.07) is 5.29. The van der Waals surface area contributed by atoms with Gasteiger partial charge in [-0.25, -0.2) is 4.79 Å². The molecule has 0 aliphatic heterocycles. The van der Waals surface area contributed by atoms with E-state index in [4.69, 9.17) is 4.74 Å². The summed E-state index contributed by atoms with van der Waals surface area (Å²) < 4.78 is 13.0. The summed E-state index contributed by atoms with van der Waals surface area (Å²) in [6.45, 7) is 2.14. The maximum atomic E-state index is 11.5. The van der Waals surface area contributed by atoms with E-state index in [-0.39, 0.29) is 5.97 Å². The van der Waals surface area contributed by atoms with Crippen molar-refractivity contribution >= 4 is 28.7 Å². The molecular formula is C9H8N2O2S. The van der Waals surface area contributed by atoms with Gasteiger partial charge in [0.25, 0.3) is 0 Å². The van der Waals surface area contributed by atoms with Crippen LogP contribution in [0.4, 0.5) is 0 Å². The first-order valence-electron chi connectivity index (χ1n) is 4.21. The number of hydrogen-bond acceptors (Lipinski definition) is 5. The van der Waals surface area contributed by atoms with E-state index < -0.39 is 0 Å². The highest BCUT2D eigenvalue weighted by molar-refractivity contribution is 7.00. The van der Waals surface area contributed by atoms with Gasteiger partial charge in [-0.15, -0.1) is 0 Å². The van der Waals surface area contributed by atoms with Gasteiger partial charge in [0, 0.05) is 0 Å². The summed E-state index contributed by atoms with van der Waals surface area (Å²) >= 11 is 1.09. The van der Waals surface area contributed by atoms with E-state index in [9.17, 15) is 4.79 Å². The lowest BCUT2D eigenvalue weighted by molar-refractivity contribution is 0.0528. The van der Waals surface area contributed by atoms with Crippen LogP contribution in [-0.4, -0.2) is 21.3 Å². The molecule has 2 aromatic rings. The van der Waals surface area contributed by atoms with Crippen molar-refractivity contribution < 1.29 is 9.53 Å². The fourth-order valence-electron chi connectivity index (χ4n) is 1.18. The van der Waals surface area contributed by atoms with Gasteiger partial charge in [0.1, 0.15) is 11.0 Å². The predicted molar refractivity (Wildman–Crippen MR) is 53.4 cm³/mol. The Morgan fingerprint density at radius 3 is 3.14 bits per heavy atom. The molecule has 0 fully saturated rings. The zero-order valence-electron chi connectivity index (χ0n) is 7.56. The largest absolute Gasteiger partial charge is 0.462 e. The molecule has 0 aliphatic rings. The minimum atomic E-state index is -0.342. The first-order chi connectivity index (χ1) is 6.83. The number of carbonyl (C=O) groups is 1. The van der Waals surface area contributed by atoms with Crippen molar-refractivity contribution in [3.05, 3.63) is 23.8 Å². The average molecular weight is 208 g/mol. The van der Waals surface area contributed by atoms with Crippen LogP contribution in [0.5, 0.6) is 0 Å². The van der Waals surface area contributed by atoms with Crippen molar-refractivity contribution in [1.29, 1.82) is 0 Å². The van der Waals surface area contributed by atoms with Gasteiger partial charge in [-0.3, -0.25) is 0 Å². The second kappa shape index (κ2) is 3.71. The number of benzene rings is 1. The topological polar surface area (TPSA) is 52.1 Å². The van der Waals surface area contributed by atoms with E-state index in [1.807, 2.05) is 6.07 Å². The number of carbonyl (C=O) groups excluding carboxylic acids is 1. The minimum absolute atomic E-state index is 0.342. The van der Waals surface area contributed by atoms with Crippen molar-refractivity contribution in [2.24, 2.45) is 0 Å². The zero-order chi connectivity index (χ0) is 9.97. The fraction of sp³-hybridized carbons (Fsp3) is 0.222. The monoisotopic (exact) mass is 208 g/mol. The molecular weight excluding hydrogens is 200 g/mol. The summed E-state index contributed by atoms with van der Waals surface area (Å²) in [5.74, 6) is -0.342. The second-order valence-corrected chi connectivity index (χ2v) is 3.19. The van der Waals surface area contributed by atoms with Crippen LogP contribution in [0, 0.1) is 0 Å². The highest BCUT2D eigenvalue weighted by atomic mass is 32.1. The van der Waals surface area contributed by atoms with Crippen LogP contribution in [0.15, 0.2) is 18.2 Å². The van der Waals surface area contributed by atoms with Crippen LogP contribution in [0.3, 0.4) is 0 Å². The van der Waals surface area contributed by atoms with Gasteiger partial charge >= 0.3 is 5.97 Å². The number of ether oxygens (including phenoxy) is 1. The summed E-state index contributed by atoms with van der Waals surface area (Å²) in [4.78, 5) is 11.5. The van der Waals surface area contributed by atoms with E-state index in [0.717, 1.165) is 17.2 Å². The zero-order valence-corrected chi connectivity index (χ0v) is 8.37. The Labute approximate surface area is 84.8 Å². The van der Waals surface area contributed by atoms with Gasteiger partial charge in [-0.05, 0) is 19.1 Å². The molecule has 5 heteroatoms. The molecule has 1 aromatic heterocycles. The molecule has 0 saturated heterocycles. The Balaban J connectivity index is 2.50. The Morgan fingerprint density at radius 1 is 1.50 bits per heavy atom. The number of esters is 1. The van der Waals surface area contributed by atoms with Gasteiger partial charge in [0.15, 0.2) is 0 Å². The SMILES string of the molecule is CCOC(=O)c1cccc2nsnc12. The minimum Gasteiger partial charge on any atom is -0.462 e. The lowest BCUT2D eigenvalue weighted by Crippen LogP contribution is -2.05. The molecule has 1 aromatic carbocycles. The van der Waals surface area contributed by atoms with Crippen LogP contribution in [-0.2, 0) is 4.74 Å². The van der Waals surface area contributed by atoms with Crippen LogP contribution in [0.2, 0.25) is 0 Å². The van der Waals surface area contributed by atoms with Gasteiger partial charge in [-0.1, -0.05) is 6.07 Å². The van der Waals surface area contributed by atoms with Gasteiger partial charge in [-0.2, -0.15) is 8.75 Å². The van der Waals surface area contributed by atoms with Crippen LogP contribution >= 0.6 is 11.7 Å². The normalized spacial score (nSPS) is 10.4. The molecule has 1 heterocycles. The third-order valence-electron chi connectivity index (χ3n) is 1.78. The second-order valence-electron chi connectivity index (χ2n) is 2.66. The highest BCUT2D eigenvalue weighted by Gasteiger charge is 2.12. The fourth-order valence-corrected chi connectivity index (χ4v) is 1.73. The van der Waals surface area contributed by atoms with Gasteiger partial charge in [0.2, 0.25) is 0 Å². The van der Waals surface area contributed by atoms with Crippen LogP contribution in [0.1, 0.15) is 17.3 Å². The first kappa shape index (κ1) is 9.08. The third kappa shape index (κ3) is 1.46. The van der Waals surface area contributed by atoms with E-state index in [1.165, 1.54) is 0 Å². The van der Waals surface area contributed by atoms with Crippen molar-refractivity contribution in [1.82, 2.24) is 8.75 Å². The Bertz CT molecular complexity index is 467. The number of aromatic nitrogens is 2. The average Bonchev–Trinajstić information content (AvgIpc) is 2.65. The smallest absolute Gasteiger partial charge is 0.340 e. The van der Waals surface area contributed by atoms with Crippen molar-refractivity contribution in [2.45, 2.75) is 6.92 Å². The molecule has 0 saturated carbocycles. The number of hydrogen-bond donors (Lipinski definition) is 0. The van der Waals surface area contributed by atoms with E-state index in [1.54, 1.807) is 19.1 Å². The lowest BCUT2D eigenvalue weighted by Gasteiger charge is -2.00. The summed E-state index contributed by atoms with van der Waals surface area (Å²) in [5.41, 5.74) is 1.84. The van der Waals surface area contributed by atoms with Crippen LogP contribution in [0.25, 0.3) is 11.0 Å². The van der Waals surface area contributed by atoms with Crippen molar-refractivity contribution in [3.63, 3.8) is 0 Å². The molecule has 0 unspecified atom stereocenters. The molecule has 0 atom stereocenters. The van der Waals surface area contributed by atoms with Crippen molar-refractivity contribution in [2.75, 3.05) is 6.61 Å². The predicted octanol–water partition coefficient (Wildman–Crippen LogP) is 1.87. The third-order valence-corrected chi connectivity index (χ3v) is 2.32. The van der Waals surface area contributed by atoms with Crippen molar-refractivity contribution in [3.8, 4) is 0 Å². The van der Waals surface area contributed by atoms with E-state index in [2.05, 4.69) is 8.75 Å². The molecule has 0 bridgehead atoms. The van der Waals surface area contributed by atoms with Crippen LogP contribution < -0.4 is 0 Å². The maximum absolute atomic E-state index is 11.5. The molecule has 0 radical (unpaired) electrons. The molecule has 0 N–H and O–H groups in total. The summed E-state index contributed by atoms with van der Waals surface area (Å²) in [5, 5.41) is 0. The van der Waals surface area contributed by atoms with Gasteiger partial charge in [0.05, 0.1) is 23.9 Å². The number of fused-ring (bicyclic) bond motifs is 1. The standard InChI is InChI=1S/C9H8N2O2S/c1-2-13-9(12)6-4-3-5-7-8(6)11-14-10-7/h3-5H,2H2,1H3. The molecule has 4 nitrogen and oxygen atoms in total. The molecule has 0 spiro atoms. The molecule has 0 amide bonds. The number of rotatable bonds is 2. The maximum Gasteiger partial charge on any atom is 0.340 e. The Morgan fingerprint density at radius 2 is 2.36 bits per heavy atom. The molecule has 0 aliphatic carbocycles. The molecule has 72 valence electrons. The first-order valence-corrected chi connectivity index (χ1v) is 4.94. The quantitative estimate of drug-likeness (QED) is 0.707. The summed E-state index contributed by atoms with van der Waals surface area (Å²) in [6.07, 6.45) is 0.